The maximum atomic E-state index is 14.4. The second-order valence-electron chi connectivity index (χ2n) is 6.54. The summed E-state index contributed by atoms with van der Waals surface area (Å²) in [6, 6.07) is 3.56. The lowest BCUT2D eigenvalue weighted by Crippen LogP contribution is -2.21. The molecule has 3 N–H and O–H groups in total. The summed E-state index contributed by atoms with van der Waals surface area (Å²) >= 11 is 0. The van der Waals surface area contributed by atoms with Gasteiger partial charge >= 0.3 is 0 Å². The van der Waals surface area contributed by atoms with Gasteiger partial charge in [-0.15, -0.1) is 0 Å². The van der Waals surface area contributed by atoms with Gasteiger partial charge in [0.15, 0.2) is 5.82 Å². The van der Waals surface area contributed by atoms with Crippen molar-refractivity contribution >= 4 is 22.7 Å². The summed E-state index contributed by atoms with van der Waals surface area (Å²) in [4.78, 5) is 21.3. The summed E-state index contributed by atoms with van der Waals surface area (Å²) in [5, 5.41) is 3.64. The third kappa shape index (κ3) is 2.77. The van der Waals surface area contributed by atoms with E-state index >= 15 is 0 Å². The SMILES string of the molecule is Cn1c(=O)c(-c2c(F)ccc(N)c2F)cc2cnc(NCC3CC3)nc21. The number of hydrogen-bond acceptors (Lipinski definition) is 5. The van der Waals surface area contributed by atoms with Crippen LogP contribution in [0.5, 0.6) is 0 Å². The van der Waals surface area contributed by atoms with Crippen molar-refractivity contribution in [3.8, 4) is 11.1 Å². The molecule has 2 aromatic heterocycles. The molecule has 4 rings (SSSR count). The van der Waals surface area contributed by atoms with Crippen molar-refractivity contribution in [3.05, 3.63) is 46.4 Å². The summed E-state index contributed by atoms with van der Waals surface area (Å²) in [6.45, 7) is 0.789. The molecule has 0 spiro atoms. The molecule has 0 aliphatic heterocycles. The number of halogens is 2. The Balaban J connectivity index is 1.85. The van der Waals surface area contributed by atoms with E-state index < -0.39 is 22.8 Å². The summed E-state index contributed by atoms with van der Waals surface area (Å²) in [6.07, 6.45) is 3.92. The monoisotopic (exact) mass is 357 g/mol. The molecule has 3 aromatic rings. The van der Waals surface area contributed by atoms with Crippen molar-refractivity contribution in [1.29, 1.82) is 0 Å². The fourth-order valence-corrected chi connectivity index (χ4v) is 2.88. The largest absolute Gasteiger partial charge is 0.396 e. The van der Waals surface area contributed by atoms with Crippen molar-refractivity contribution in [2.75, 3.05) is 17.6 Å². The van der Waals surface area contributed by atoms with E-state index in [1.165, 1.54) is 36.7 Å². The maximum Gasteiger partial charge on any atom is 0.260 e. The Morgan fingerprint density at radius 1 is 1.35 bits per heavy atom. The number of pyridine rings is 1. The molecule has 1 saturated carbocycles. The molecule has 0 unspecified atom stereocenters. The molecule has 0 atom stereocenters. The second kappa shape index (κ2) is 6.05. The molecule has 0 amide bonds. The number of hydrogen-bond donors (Lipinski definition) is 2. The van der Waals surface area contributed by atoms with Gasteiger partial charge in [-0.05, 0) is 37.0 Å². The fraction of sp³-hybridized carbons (Fsp3) is 0.278. The van der Waals surface area contributed by atoms with Gasteiger partial charge in [0.25, 0.3) is 5.56 Å². The number of nitrogens with one attached hydrogen (secondary N) is 1. The number of anilines is 2. The number of aryl methyl sites for hydroxylation is 1. The van der Waals surface area contributed by atoms with E-state index in [2.05, 4.69) is 15.3 Å². The number of nitrogen functional groups attached to an aromatic ring is 1. The number of nitrogens with zero attached hydrogens (tertiary/aromatic N) is 3. The van der Waals surface area contributed by atoms with Gasteiger partial charge < -0.3 is 11.1 Å². The minimum Gasteiger partial charge on any atom is -0.396 e. The normalized spacial score (nSPS) is 14.0. The zero-order valence-corrected chi connectivity index (χ0v) is 14.1. The number of fused-ring (bicyclic) bond motifs is 1. The predicted octanol–water partition coefficient (Wildman–Crippen LogP) is 2.68. The molecule has 6 nitrogen and oxygen atoms in total. The van der Waals surface area contributed by atoms with Crippen LogP contribution in [-0.2, 0) is 7.05 Å². The average Bonchev–Trinajstić information content (AvgIpc) is 3.45. The first-order valence-electron chi connectivity index (χ1n) is 8.30. The smallest absolute Gasteiger partial charge is 0.260 e. The fourth-order valence-electron chi connectivity index (χ4n) is 2.88. The van der Waals surface area contributed by atoms with Gasteiger partial charge in [-0.2, -0.15) is 4.98 Å². The van der Waals surface area contributed by atoms with Crippen LogP contribution in [0, 0.1) is 17.6 Å². The van der Waals surface area contributed by atoms with E-state index in [1.807, 2.05) is 0 Å². The number of aromatic nitrogens is 3. The van der Waals surface area contributed by atoms with Gasteiger partial charge in [-0.25, -0.2) is 13.8 Å². The molecule has 0 radical (unpaired) electrons. The van der Waals surface area contributed by atoms with Crippen molar-refractivity contribution in [1.82, 2.24) is 14.5 Å². The highest BCUT2D eigenvalue weighted by molar-refractivity contribution is 5.82. The van der Waals surface area contributed by atoms with Crippen molar-refractivity contribution in [2.24, 2.45) is 13.0 Å². The Kier molecular flexibility index (Phi) is 3.82. The predicted molar refractivity (Wildman–Crippen MR) is 95.8 cm³/mol. The Hall–Kier alpha value is -3.03. The van der Waals surface area contributed by atoms with Crippen LogP contribution in [0.1, 0.15) is 12.8 Å². The number of rotatable bonds is 4. The molecule has 2 heterocycles. The van der Waals surface area contributed by atoms with Crippen molar-refractivity contribution < 1.29 is 8.78 Å². The summed E-state index contributed by atoms with van der Waals surface area (Å²) < 4.78 is 29.8. The van der Waals surface area contributed by atoms with E-state index in [0.717, 1.165) is 18.7 Å². The number of benzene rings is 1. The number of nitrogens with two attached hydrogens (primary N) is 1. The zero-order chi connectivity index (χ0) is 18.4. The highest BCUT2D eigenvalue weighted by atomic mass is 19.1. The van der Waals surface area contributed by atoms with E-state index in [0.29, 0.717) is 22.9 Å². The van der Waals surface area contributed by atoms with Crippen LogP contribution in [0.15, 0.2) is 29.2 Å². The van der Waals surface area contributed by atoms with Crippen LogP contribution in [0.2, 0.25) is 0 Å². The van der Waals surface area contributed by atoms with Gasteiger partial charge in [0.2, 0.25) is 5.95 Å². The summed E-state index contributed by atoms with van der Waals surface area (Å²) in [7, 11) is 1.51. The first kappa shape index (κ1) is 16.4. The van der Waals surface area contributed by atoms with Crippen LogP contribution < -0.4 is 16.6 Å². The van der Waals surface area contributed by atoms with Crippen LogP contribution in [0.4, 0.5) is 20.4 Å². The lowest BCUT2D eigenvalue weighted by molar-refractivity contribution is 0.592. The molecule has 8 heteroatoms. The van der Waals surface area contributed by atoms with Crippen LogP contribution in [-0.4, -0.2) is 21.1 Å². The Morgan fingerprint density at radius 2 is 2.12 bits per heavy atom. The minimum atomic E-state index is -0.954. The standard InChI is InChI=1S/C18H17F2N5O/c1-25-16-10(8-23-18(24-16)22-7-9-2-3-9)6-11(17(25)26)14-12(19)4-5-13(21)15(14)20/h4-6,8-9H,2-3,7,21H2,1H3,(H,22,23,24). The first-order chi connectivity index (χ1) is 12.5. The van der Waals surface area contributed by atoms with Gasteiger partial charge in [0.1, 0.15) is 11.5 Å². The molecule has 1 aliphatic carbocycles. The highest BCUT2D eigenvalue weighted by Crippen LogP contribution is 2.30. The van der Waals surface area contributed by atoms with E-state index in [1.54, 1.807) is 0 Å². The van der Waals surface area contributed by atoms with E-state index in [4.69, 9.17) is 5.73 Å². The molecular weight excluding hydrogens is 340 g/mol. The van der Waals surface area contributed by atoms with Gasteiger partial charge in [-0.1, -0.05) is 0 Å². The van der Waals surface area contributed by atoms with Crippen molar-refractivity contribution in [2.45, 2.75) is 12.8 Å². The Labute approximate surface area is 147 Å². The molecule has 1 aromatic carbocycles. The highest BCUT2D eigenvalue weighted by Gasteiger charge is 2.22. The molecule has 1 fully saturated rings. The van der Waals surface area contributed by atoms with Crippen molar-refractivity contribution in [3.63, 3.8) is 0 Å². The van der Waals surface area contributed by atoms with Gasteiger partial charge in [0, 0.05) is 25.2 Å². The molecule has 1 aliphatic rings. The molecule has 0 bridgehead atoms. The Morgan fingerprint density at radius 3 is 2.85 bits per heavy atom. The third-order valence-electron chi connectivity index (χ3n) is 4.58. The quantitative estimate of drug-likeness (QED) is 0.701. The van der Waals surface area contributed by atoms with Crippen LogP contribution >= 0.6 is 0 Å². The topological polar surface area (TPSA) is 85.8 Å². The summed E-state index contributed by atoms with van der Waals surface area (Å²) in [5.41, 5.74) is 4.57. The lowest BCUT2D eigenvalue weighted by Gasteiger charge is -2.12. The average molecular weight is 357 g/mol. The van der Waals surface area contributed by atoms with Gasteiger partial charge in [0.05, 0.1) is 16.8 Å². The third-order valence-corrected chi connectivity index (χ3v) is 4.58. The molecule has 134 valence electrons. The minimum absolute atomic E-state index is 0.121. The van der Waals surface area contributed by atoms with Gasteiger partial charge in [-0.3, -0.25) is 9.36 Å². The maximum absolute atomic E-state index is 14.4. The molecule has 0 saturated heterocycles. The van der Waals surface area contributed by atoms with E-state index in [9.17, 15) is 13.6 Å². The molecular formula is C18H17F2N5O. The zero-order valence-electron chi connectivity index (χ0n) is 14.1. The van der Waals surface area contributed by atoms with E-state index in [-0.39, 0.29) is 11.3 Å². The lowest BCUT2D eigenvalue weighted by atomic mass is 10.0. The van der Waals surface area contributed by atoms with Crippen LogP contribution in [0.3, 0.4) is 0 Å². The first-order valence-corrected chi connectivity index (χ1v) is 8.30. The second-order valence-corrected chi connectivity index (χ2v) is 6.54. The molecule has 26 heavy (non-hydrogen) atoms. The van der Waals surface area contributed by atoms with Crippen LogP contribution in [0.25, 0.3) is 22.2 Å². The Bertz CT molecular complexity index is 1080. The summed E-state index contributed by atoms with van der Waals surface area (Å²) in [5.74, 6) is -0.731.